The second-order valence-electron chi connectivity index (χ2n) is 6.49. The van der Waals surface area contributed by atoms with Crippen molar-refractivity contribution >= 4 is 12.3 Å². The Hall–Kier alpha value is -2.62. The number of ether oxygens (including phenoxy) is 1. The Labute approximate surface area is 142 Å². The first-order valence-corrected chi connectivity index (χ1v) is 8.02. The van der Waals surface area contributed by atoms with Gasteiger partial charge in [0.25, 0.3) is 0 Å². The maximum atomic E-state index is 12.8. The zero-order chi connectivity index (χ0) is 17.2. The smallest absolute Gasteiger partial charge is 0.340 e. The summed E-state index contributed by atoms with van der Waals surface area (Å²) in [4.78, 5) is 19.6. The van der Waals surface area contributed by atoms with E-state index in [1.54, 1.807) is 6.34 Å². The van der Waals surface area contributed by atoms with Crippen LogP contribution in [0.5, 0.6) is 0 Å². The summed E-state index contributed by atoms with van der Waals surface area (Å²) in [6, 6.07) is 19.8. The summed E-state index contributed by atoms with van der Waals surface area (Å²) in [5, 5.41) is 0. The van der Waals surface area contributed by atoms with Crippen LogP contribution in [0, 0.1) is 0 Å². The molecule has 0 saturated carbocycles. The van der Waals surface area contributed by atoms with Gasteiger partial charge in [0.1, 0.15) is 0 Å². The SMILES string of the molecule is COC(=O)C1(c2ccccc2)N=CN(Cc2ccccc2)C1(C)C. The third-order valence-electron chi connectivity index (χ3n) is 4.86. The number of rotatable bonds is 4. The molecule has 0 aromatic heterocycles. The first-order valence-electron chi connectivity index (χ1n) is 8.02. The van der Waals surface area contributed by atoms with Crippen molar-refractivity contribution in [3.63, 3.8) is 0 Å². The van der Waals surface area contributed by atoms with Crippen molar-refractivity contribution in [1.29, 1.82) is 0 Å². The summed E-state index contributed by atoms with van der Waals surface area (Å²) in [5.41, 5.74) is 0.383. The van der Waals surface area contributed by atoms with Crippen LogP contribution >= 0.6 is 0 Å². The van der Waals surface area contributed by atoms with Gasteiger partial charge in [-0.3, -0.25) is 0 Å². The summed E-state index contributed by atoms with van der Waals surface area (Å²) in [6.45, 7) is 4.75. The number of benzene rings is 2. The van der Waals surface area contributed by atoms with Crippen LogP contribution in [-0.4, -0.2) is 29.9 Å². The van der Waals surface area contributed by atoms with Crippen LogP contribution in [0.15, 0.2) is 65.7 Å². The number of methoxy groups -OCH3 is 1. The normalized spacial score (nSPS) is 21.7. The molecule has 1 aliphatic rings. The van der Waals surface area contributed by atoms with Crippen molar-refractivity contribution in [1.82, 2.24) is 4.90 Å². The summed E-state index contributed by atoms with van der Waals surface area (Å²) in [5.74, 6) is -0.342. The molecular formula is C20H22N2O2. The van der Waals surface area contributed by atoms with Crippen LogP contribution in [-0.2, 0) is 21.6 Å². The number of carbonyl (C=O) groups is 1. The third-order valence-corrected chi connectivity index (χ3v) is 4.86. The lowest BCUT2D eigenvalue weighted by Gasteiger charge is -2.42. The molecule has 1 aliphatic heterocycles. The Morgan fingerprint density at radius 1 is 1.04 bits per heavy atom. The van der Waals surface area contributed by atoms with Gasteiger partial charge in [-0.1, -0.05) is 60.7 Å². The van der Waals surface area contributed by atoms with Crippen molar-refractivity contribution in [3.05, 3.63) is 71.8 Å². The molecule has 0 bridgehead atoms. The van der Waals surface area contributed by atoms with Crippen molar-refractivity contribution in [2.75, 3.05) is 7.11 Å². The number of nitrogens with zero attached hydrogens (tertiary/aromatic N) is 2. The summed E-state index contributed by atoms with van der Waals surface area (Å²) in [6.07, 6.45) is 1.77. The van der Waals surface area contributed by atoms with Crippen molar-refractivity contribution < 1.29 is 9.53 Å². The molecule has 3 rings (SSSR count). The average molecular weight is 322 g/mol. The lowest BCUT2D eigenvalue weighted by atomic mass is 9.74. The third kappa shape index (κ3) is 2.39. The Balaban J connectivity index is 2.03. The number of hydrogen-bond donors (Lipinski definition) is 0. The molecule has 124 valence electrons. The zero-order valence-corrected chi connectivity index (χ0v) is 14.3. The number of carbonyl (C=O) groups excluding carboxylic acids is 1. The standard InChI is InChI=1S/C20H22N2O2/c1-19(2)20(18(23)24-3,17-12-8-5-9-13-17)21-15-22(19)14-16-10-6-4-7-11-16/h4-13,15H,14H2,1-3H3. The first kappa shape index (κ1) is 16.2. The van der Waals surface area contributed by atoms with Crippen LogP contribution in [0.3, 0.4) is 0 Å². The van der Waals surface area contributed by atoms with E-state index < -0.39 is 11.1 Å². The second kappa shape index (κ2) is 6.11. The zero-order valence-electron chi connectivity index (χ0n) is 14.3. The lowest BCUT2D eigenvalue weighted by Crippen LogP contribution is -2.56. The van der Waals surface area contributed by atoms with E-state index in [0.717, 1.165) is 5.56 Å². The van der Waals surface area contributed by atoms with Gasteiger partial charge in [-0.05, 0) is 25.0 Å². The average Bonchev–Trinajstić information content (AvgIpc) is 2.87. The van der Waals surface area contributed by atoms with Crippen molar-refractivity contribution in [3.8, 4) is 0 Å². The van der Waals surface area contributed by atoms with Crippen LogP contribution in [0.2, 0.25) is 0 Å². The molecule has 0 spiro atoms. The maximum absolute atomic E-state index is 12.8. The predicted octanol–water partition coefficient (Wildman–Crippen LogP) is 3.38. The van der Waals surface area contributed by atoms with E-state index >= 15 is 0 Å². The van der Waals surface area contributed by atoms with Gasteiger partial charge in [0.05, 0.1) is 19.0 Å². The van der Waals surface area contributed by atoms with Crippen LogP contribution in [0.1, 0.15) is 25.0 Å². The molecular weight excluding hydrogens is 300 g/mol. The summed E-state index contributed by atoms with van der Waals surface area (Å²) >= 11 is 0. The molecule has 0 fully saturated rings. The van der Waals surface area contributed by atoms with E-state index in [-0.39, 0.29) is 5.97 Å². The molecule has 1 atom stereocenters. The number of hydrogen-bond acceptors (Lipinski definition) is 4. The fourth-order valence-corrected chi connectivity index (χ4v) is 3.36. The molecule has 24 heavy (non-hydrogen) atoms. The fraction of sp³-hybridized carbons (Fsp3) is 0.300. The second-order valence-corrected chi connectivity index (χ2v) is 6.49. The molecule has 0 saturated heterocycles. The maximum Gasteiger partial charge on any atom is 0.340 e. The molecule has 2 aromatic rings. The van der Waals surface area contributed by atoms with Gasteiger partial charge in [-0.15, -0.1) is 0 Å². The highest BCUT2D eigenvalue weighted by Crippen LogP contribution is 2.45. The molecule has 0 N–H and O–H groups in total. The van der Waals surface area contributed by atoms with Crippen molar-refractivity contribution in [2.45, 2.75) is 31.5 Å². The molecule has 0 radical (unpaired) electrons. The quantitative estimate of drug-likeness (QED) is 0.811. The minimum Gasteiger partial charge on any atom is -0.467 e. The van der Waals surface area contributed by atoms with Gasteiger partial charge in [-0.2, -0.15) is 0 Å². The minimum atomic E-state index is -1.07. The molecule has 4 heteroatoms. The van der Waals surface area contributed by atoms with Gasteiger partial charge in [0.15, 0.2) is 0 Å². The molecule has 0 amide bonds. The highest BCUT2D eigenvalue weighted by molar-refractivity contribution is 5.89. The first-order chi connectivity index (χ1) is 11.5. The van der Waals surface area contributed by atoms with Crippen LogP contribution in [0.25, 0.3) is 0 Å². The molecule has 4 nitrogen and oxygen atoms in total. The van der Waals surface area contributed by atoms with E-state index in [9.17, 15) is 4.79 Å². The van der Waals surface area contributed by atoms with E-state index in [4.69, 9.17) is 4.74 Å². The Morgan fingerprint density at radius 2 is 1.62 bits per heavy atom. The van der Waals surface area contributed by atoms with E-state index in [1.165, 1.54) is 12.7 Å². The van der Waals surface area contributed by atoms with Gasteiger partial charge in [0.2, 0.25) is 5.54 Å². The van der Waals surface area contributed by atoms with Crippen molar-refractivity contribution in [2.24, 2.45) is 4.99 Å². The molecule has 1 unspecified atom stereocenters. The van der Waals surface area contributed by atoms with Gasteiger partial charge in [-0.25, -0.2) is 9.79 Å². The highest BCUT2D eigenvalue weighted by Gasteiger charge is 2.59. The number of aliphatic imine (C=N–C) groups is 1. The van der Waals surface area contributed by atoms with E-state index in [1.807, 2.05) is 62.4 Å². The Bertz CT molecular complexity index is 741. The highest BCUT2D eigenvalue weighted by atomic mass is 16.5. The summed E-state index contributed by atoms with van der Waals surface area (Å²) < 4.78 is 5.15. The van der Waals surface area contributed by atoms with Crippen LogP contribution < -0.4 is 0 Å². The topological polar surface area (TPSA) is 41.9 Å². The molecule has 0 aliphatic carbocycles. The van der Waals surface area contributed by atoms with Gasteiger partial charge < -0.3 is 9.64 Å². The Morgan fingerprint density at radius 3 is 2.21 bits per heavy atom. The minimum absolute atomic E-state index is 0.342. The van der Waals surface area contributed by atoms with Gasteiger partial charge in [0, 0.05) is 6.54 Å². The van der Waals surface area contributed by atoms with E-state index in [2.05, 4.69) is 22.0 Å². The fourth-order valence-electron chi connectivity index (χ4n) is 3.36. The van der Waals surface area contributed by atoms with E-state index in [0.29, 0.717) is 6.54 Å². The predicted molar refractivity (Wildman–Crippen MR) is 94.7 cm³/mol. The number of esters is 1. The van der Waals surface area contributed by atoms with Gasteiger partial charge >= 0.3 is 5.97 Å². The molecule has 1 heterocycles. The Kier molecular flexibility index (Phi) is 4.14. The van der Waals surface area contributed by atoms with Crippen LogP contribution in [0.4, 0.5) is 0 Å². The molecule has 2 aromatic carbocycles. The summed E-state index contributed by atoms with van der Waals surface area (Å²) in [7, 11) is 1.42. The largest absolute Gasteiger partial charge is 0.467 e. The monoisotopic (exact) mass is 322 g/mol. The lowest BCUT2D eigenvalue weighted by molar-refractivity contribution is -0.151.